The van der Waals surface area contributed by atoms with Crippen LogP contribution < -0.4 is 24.0 Å². The van der Waals surface area contributed by atoms with Crippen LogP contribution in [-0.2, 0) is 0 Å². The summed E-state index contributed by atoms with van der Waals surface area (Å²) in [6.07, 6.45) is 0. The predicted octanol–water partition coefficient (Wildman–Crippen LogP) is 2.02. The van der Waals surface area contributed by atoms with Crippen molar-refractivity contribution in [3.63, 3.8) is 0 Å². The van der Waals surface area contributed by atoms with E-state index in [0.29, 0.717) is 43.9 Å². The van der Waals surface area contributed by atoms with Crippen LogP contribution in [0.1, 0.15) is 0 Å². The summed E-state index contributed by atoms with van der Waals surface area (Å²) in [5, 5.41) is 0. The lowest BCUT2D eigenvalue weighted by molar-refractivity contribution is 0.138. The Hall–Kier alpha value is -0.210. The summed E-state index contributed by atoms with van der Waals surface area (Å²) in [6.45, 7) is 0. The van der Waals surface area contributed by atoms with Gasteiger partial charge in [-0.1, -0.05) is 10.7 Å². The Kier molecular flexibility index (Phi) is 5.17. The van der Waals surface area contributed by atoms with E-state index in [1.54, 1.807) is 14.2 Å². The molecule has 0 saturated carbocycles. The quantitative estimate of drug-likeness (QED) is 0.828. The molecule has 1 aromatic carbocycles. The fraction of sp³-hybridized carbons (Fsp3) is 0.250. The molecule has 94 valence electrons. The summed E-state index contributed by atoms with van der Waals surface area (Å²) in [5.41, 5.74) is 0. The summed E-state index contributed by atoms with van der Waals surface area (Å²) in [6, 6.07) is 5.56. The standard InChI is InChI=1S/C8H14N3O3P3/c1-12-6-4-3-5-7(8(6)13-2)14-11-16-9-15-10-17-11/h3-5,9-10,15-17H,1-2H3. The SMILES string of the molecule is COc1cccc(ON2PNPNP2)c1OC. The molecule has 0 aromatic heterocycles. The van der Waals surface area contributed by atoms with Crippen LogP contribution >= 0.6 is 26.6 Å². The molecular formula is C8H14N3O3P3. The van der Waals surface area contributed by atoms with E-state index in [0.717, 1.165) is 0 Å². The number of nitrogens with one attached hydrogen (secondary N) is 2. The van der Waals surface area contributed by atoms with Crippen LogP contribution in [0.3, 0.4) is 0 Å². The van der Waals surface area contributed by atoms with Gasteiger partial charge in [0.25, 0.3) is 0 Å². The Morgan fingerprint density at radius 1 is 1.06 bits per heavy atom. The first-order chi connectivity index (χ1) is 8.35. The molecule has 0 amide bonds. The van der Waals surface area contributed by atoms with Gasteiger partial charge in [-0.15, -0.1) is 0 Å². The zero-order valence-corrected chi connectivity index (χ0v) is 12.4. The normalized spacial score (nSPS) is 20.8. The van der Waals surface area contributed by atoms with Crippen molar-refractivity contribution in [1.29, 1.82) is 0 Å². The molecule has 2 atom stereocenters. The number of hydrogen-bond acceptors (Lipinski definition) is 6. The highest BCUT2D eigenvalue weighted by Crippen LogP contribution is 2.42. The molecular weight excluding hydrogens is 279 g/mol. The molecule has 1 aromatic rings. The fourth-order valence-electron chi connectivity index (χ4n) is 1.29. The zero-order chi connectivity index (χ0) is 12.1. The maximum atomic E-state index is 5.75. The lowest BCUT2D eigenvalue weighted by Crippen LogP contribution is -2.19. The van der Waals surface area contributed by atoms with Gasteiger partial charge in [0, 0.05) is 8.88 Å². The second-order valence-electron chi connectivity index (χ2n) is 2.98. The summed E-state index contributed by atoms with van der Waals surface area (Å²) in [4.78, 5) is 12.2. The molecule has 6 nitrogen and oxygen atoms in total. The third-order valence-corrected chi connectivity index (χ3v) is 5.15. The average Bonchev–Trinajstić information content (AvgIpc) is 2.39. The maximum absolute atomic E-state index is 5.75. The summed E-state index contributed by atoms with van der Waals surface area (Å²) < 4.78 is 12.3. The Bertz CT molecular complexity index is 376. The van der Waals surface area contributed by atoms with Crippen LogP contribution in [0.25, 0.3) is 0 Å². The molecule has 1 aliphatic heterocycles. The zero-order valence-electron chi connectivity index (χ0n) is 9.40. The van der Waals surface area contributed by atoms with Crippen molar-refractivity contribution in [1.82, 2.24) is 14.3 Å². The maximum Gasteiger partial charge on any atom is 0.205 e. The van der Waals surface area contributed by atoms with Gasteiger partial charge in [-0.25, -0.2) is 0 Å². The smallest absolute Gasteiger partial charge is 0.205 e. The molecule has 2 N–H and O–H groups in total. The number of nitrogens with zero attached hydrogens (tertiary/aromatic N) is 1. The lowest BCUT2D eigenvalue weighted by Gasteiger charge is -2.27. The van der Waals surface area contributed by atoms with E-state index in [2.05, 4.69) is 9.72 Å². The van der Waals surface area contributed by atoms with Crippen molar-refractivity contribution in [3.05, 3.63) is 18.2 Å². The van der Waals surface area contributed by atoms with Crippen molar-refractivity contribution in [3.8, 4) is 17.2 Å². The number of benzene rings is 1. The Balaban J connectivity index is 2.13. The van der Waals surface area contributed by atoms with Crippen molar-refractivity contribution in [2.45, 2.75) is 0 Å². The molecule has 1 saturated heterocycles. The van der Waals surface area contributed by atoms with Gasteiger partial charge < -0.3 is 14.3 Å². The van der Waals surface area contributed by atoms with Gasteiger partial charge in [-0.3, -0.25) is 9.72 Å². The van der Waals surface area contributed by atoms with Gasteiger partial charge >= 0.3 is 0 Å². The van der Waals surface area contributed by atoms with Crippen LogP contribution in [0.4, 0.5) is 0 Å². The molecule has 1 aliphatic rings. The molecule has 2 unspecified atom stereocenters. The number of rotatable bonds is 4. The highest BCUT2D eigenvalue weighted by molar-refractivity contribution is 7.65. The molecule has 1 heterocycles. The first-order valence-electron chi connectivity index (χ1n) is 4.80. The van der Waals surface area contributed by atoms with E-state index in [4.69, 9.17) is 14.3 Å². The van der Waals surface area contributed by atoms with Crippen molar-refractivity contribution in [2.24, 2.45) is 0 Å². The first kappa shape index (κ1) is 13.2. The summed E-state index contributed by atoms with van der Waals surface area (Å²) in [7, 11) is 4.68. The molecule has 0 radical (unpaired) electrons. The minimum absolute atomic E-state index is 0.440. The number of hydrogen-bond donors (Lipinski definition) is 2. The number of methoxy groups -OCH3 is 2. The fourth-order valence-corrected chi connectivity index (χ4v) is 4.88. The van der Waals surface area contributed by atoms with Gasteiger partial charge in [0.05, 0.1) is 32.0 Å². The minimum atomic E-state index is 0.440. The molecule has 1 fully saturated rings. The van der Waals surface area contributed by atoms with Gasteiger partial charge in [0.1, 0.15) is 0 Å². The number of para-hydroxylation sites is 1. The van der Waals surface area contributed by atoms with E-state index >= 15 is 0 Å². The molecule has 0 aliphatic carbocycles. The second-order valence-corrected chi connectivity index (χ2v) is 6.93. The Morgan fingerprint density at radius 3 is 2.41 bits per heavy atom. The van der Waals surface area contributed by atoms with E-state index < -0.39 is 0 Å². The minimum Gasteiger partial charge on any atom is -0.493 e. The summed E-state index contributed by atoms with van der Waals surface area (Å²) >= 11 is 0. The highest BCUT2D eigenvalue weighted by Gasteiger charge is 2.16. The van der Waals surface area contributed by atoms with Crippen LogP contribution in [0.5, 0.6) is 17.2 Å². The van der Waals surface area contributed by atoms with Crippen LogP contribution in [0, 0.1) is 0 Å². The van der Waals surface area contributed by atoms with Crippen molar-refractivity contribution < 1.29 is 14.3 Å². The van der Waals surface area contributed by atoms with Crippen molar-refractivity contribution >= 4 is 26.6 Å². The van der Waals surface area contributed by atoms with Crippen LogP contribution in [0.15, 0.2) is 18.2 Å². The van der Waals surface area contributed by atoms with Crippen LogP contribution in [0.2, 0.25) is 0 Å². The Labute approximate surface area is 105 Å². The largest absolute Gasteiger partial charge is 0.493 e. The van der Waals surface area contributed by atoms with Gasteiger partial charge in [-0.05, 0) is 12.1 Å². The predicted molar refractivity (Wildman–Crippen MR) is 73.2 cm³/mol. The van der Waals surface area contributed by atoms with E-state index in [9.17, 15) is 0 Å². The van der Waals surface area contributed by atoms with E-state index in [-0.39, 0.29) is 0 Å². The highest BCUT2D eigenvalue weighted by atomic mass is 31.2. The molecule has 17 heavy (non-hydrogen) atoms. The third kappa shape index (κ3) is 3.38. The monoisotopic (exact) mass is 293 g/mol. The second kappa shape index (κ2) is 6.65. The number of ether oxygens (including phenoxy) is 2. The van der Waals surface area contributed by atoms with Gasteiger partial charge in [0.2, 0.25) is 5.75 Å². The Morgan fingerprint density at radius 2 is 1.76 bits per heavy atom. The van der Waals surface area contributed by atoms with E-state index in [1.165, 1.54) is 0 Å². The molecule has 2 rings (SSSR count). The third-order valence-electron chi connectivity index (χ3n) is 2.00. The van der Waals surface area contributed by atoms with Gasteiger partial charge in [0.15, 0.2) is 11.5 Å². The average molecular weight is 293 g/mol. The van der Waals surface area contributed by atoms with E-state index in [1.807, 2.05) is 22.8 Å². The molecule has 0 bridgehead atoms. The molecule has 0 spiro atoms. The molecule has 9 heteroatoms. The lowest BCUT2D eigenvalue weighted by atomic mass is 10.3. The van der Waals surface area contributed by atoms with Crippen LogP contribution in [-0.4, -0.2) is 18.8 Å². The van der Waals surface area contributed by atoms with Gasteiger partial charge in [-0.2, -0.15) is 0 Å². The van der Waals surface area contributed by atoms with Crippen molar-refractivity contribution in [2.75, 3.05) is 14.2 Å². The summed E-state index contributed by atoms with van der Waals surface area (Å²) in [5.74, 6) is 1.93. The topological polar surface area (TPSA) is 55.0 Å². The first-order valence-corrected chi connectivity index (χ1v) is 7.70.